The zero-order valence-corrected chi connectivity index (χ0v) is 23.7. The highest BCUT2D eigenvalue weighted by Crippen LogP contribution is 2.29. The molecule has 2 aromatic heterocycles. The summed E-state index contributed by atoms with van der Waals surface area (Å²) in [7, 11) is 1.63. The van der Waals surface area contributed by atoms with Gasteiger partial charge in [-0.05, 0) is 84.9 Å². The van der Waals surface area contributed by atoms with Crippen molar-refractivity contribution in [2.75, 3.05) is 23.1 Å². The van der Waals surface area contributed by atoms with Crippen molar-refractivity contribution in [1.29, 1.82) is 0 Å². The van der Waals surface area contributed by atoms with Crippen molar-refractivity contribution in [3.63, 3.8) is 0 Å². The van der Waals surface area contributed by atoms with Crippen molar-refractivity contribution < 1.29 is 9.26 Å². The fourth-order valence-corrected chi connectivity index (χ4v) is 4.28. The molecule has 0 unspecified atom stereocenters. The maximum absolute atomic E-state index is 6.03. The number of methoxy groups -OCH3 is 1. The first-order valence-electron chi connectivity index (χ1n) is 12.8. The van der Waals surface area contributed by atoms with Crippen LogP contribution in [0.15, 0.2) is 108 Å². The van der Waals surface area contributed by atoms with Gasteiger partial charge in [-0.2, -0.15) is 15.0 Å². The Hall–Kier alpha value is -5.12. The van der Waals surface area contributed by atoms with Gasteiger partial charge in [0.25, 0.3) is 0 Å². The van der Waals surface area contributed by atoms with Crippen molar-refractivity contribution >= 4 is 58.1 Å². The fourth-order valence-electron chi connectivity index (χ4n) is 4.02. The molecule has 0 radical (unpaired) electrons. The van der Waals surface area contributed by atoms with Gasteiger partial charge in [-0.25, -0.2) is 0 Å². The lowest BCUT2D eigenvalue weighted by Crippen LogP contribution is -2.07. The fraction of sp³-hybridized carbons (Fsp3) is 0.0323. The Balaban J connectivity index is 1.22. The number of aromatic nitrogens is 4. The highest BCUT2D eigenvalue weighted by atomic mass is 35.5. The Kier molecular flexibility index (Phi) is 7.85. The number of benzene rings is 4. The number of hydrogen-bond acceptors (Lipinski definition) is 9. The van der Waals surface area contributed by atoms with E-state index in [1.807, 2.05) is 78.9 Å². The maximum atomic E-state index is 6.03. The van der Waals surface area contributed by atoms with Crippen LogP contribution in [0.1, 0.15) is 0 Å². The molecule has 3 N–H and O–H groups in total. The Morgan fingerprint density at radius 1 is 0.571 bits per heavy atom. The second-order valence-corrected chi connectivity index (χ2v) is 9.95. The second-order valence-electron chi connectivity index (χ2n) is 9.08. The predicted octanol–water partition coefficient (Wildman–Crippen LogP) is 8.74. The summed E-state index contributed by atoms with van der Waals surface area (Å²) < 4.78 is 10.8. The number of halogens is 2. The molecule has 0 aliphatic heterocycles. The van der Waals surface area contributed by atoms with Crippen LogP contribution in [0.2, 0.25) is 10.0 Å². The van der Waals surface area contributed by atoms with Crippen LogP contribution in [0.4, 0.5) is 34.9 Å². The van der Waals surface area contributed by atoms with Crippen LogP contribution < -0.4 is 20.7 Å². The van der Waals surface area contributed by atoms with Gasteiger partial charge in [0.15, 0.2) is 5.76 Å². The summed E-state index contributed by atoms with van der Waals surface area (Å²) in [6, 6.07) is 31.7. The van der Waals surface area contributed by atoms with Crippen LogP contribution in [0.5, 0.6) is 5.75 Å². The van der Waals surface area contributed by atoms with Gasteiger partial charge in [0.1, 0.15) is 11.4 Å². The van der Waals surface area contributed by atoms with E-state index in [1.165, 1.54) is 0 Å². The molecule has 0 spiro atoms. The van der Waals surface area contributed by atoms with Gasteiger partial charge in [-0.3, -0.25) is 0 Å². The lowest BCUT2D eigenvalue weighted by atomic mass is 10.1. The monoisotopic (exact) mass is 595 g/mol. The molecule has 9 nitrogen and oxygen atoms in total. The molecule has 2 heterocycles. The number of hydrogen-bond donors (Lipinski definition) is 3. The zero-order valence-electron chi connectivity index (χ0n) is 22.2. The van der Waals surface area contributed by atoms with Gasteiger partial charge in [0.2, 0.25) is 17.8 Å². The number of nitrogens with one attached hydrogen (secondary N) is 3. The first kappa shape index (κ1) is 27.1. The van der Waals surface area contributed by atoms with Crippen molar-refractivity contribution in [2.45, 2.75) is 0 Å². The molecular formula is C31H23Cl2N7O2. The van der Waals surface area contributed by atoms with Crippen LogP contribution in [0.25, 0.3) is 22.6 Å². The molecule has 0 aliphatic rings. The highest BCUT2D eigenvalue weighted by molar-refractivity contribution is 6.30. The van der Waals surface area contributed by atoms with E-state index in [9.17, 15) is 0 Å². The third-order valence-electron chi connectivity index (χ3n) is 6.16. The summed E-state index contributed by atoms with van der Waals surface area (Å²) in [5.41, 5.74) is 4.86. The van der Waals surface area contributed by atoms with Gasteiger partial charge < -0.3 is 25.2 Å². The minimum absolute atomic E-state index is 0.342. The minimum Gasteiger partial charge on any atom is -0.497 e. The van der Waals surface area contributed by atoms with E-state index in [0.717, 1.165) is 39.6 Å². The molecule has 0 amide bonds. The van der Waals surface area contributed by atoms with E-state index in [-0.39, 0.29) is 0 Å². The summed E-state index contributed by atoms with van der Waals surface area (Å²) in [5, 5.41) is 15.2. The summed E-state index contributed by atoms with van der Waals surface area (Å²) in [6.45, 7) is 0. The van der Waals surface area contributed by atoms with Gasteiger partial charge in [-0.15, -0.1) is 0 Å². The van der Waals surface area contributed by atoms with E-state index in [1.54, 1.807) is 31.4 Å². The number of rotatable bonds is 9. The van der Waals surface area contributed by atoms with Crippen molar-refractivity contribution in [1.82, 2.24) is 20.1 Å². The van der Waals surface area contributed by atoms with Crippen LogP contribution in [0.3, 0.4) is 0 Å². The third kappa shape index (κ3) is 6.60. The van der Waals surface area contributed by atoms with E-state index >= 15 is 0 Å². The molecular weight excluding hydrogens is 573 g/mol. The molecule has 0 aliphatic carbocycles. The summed E-state index contributed by atoms with van der Waals surface area (Å²) >= 11 is 12.1. The van der Waals surface area contributed by atoms with E-state index in [4.69, 9.17) is 32.5 Å². The molecule has 208 valence electrons. The lowest BCUT2D eigenvalue weighted by Gasteiger charge is -2.12. The van der Waals surface area contributed by atoms with Gasteiger partial charge >= 0.3 is 0 Å². The van der Waals surface area contributed by atoms with Gasteiger partial charge in [0.05, 0.1) is 7.11 Å². The zero-order chi connectivity index (χ0) is 28.9. The molecule has 42 heavy (non-hydrogen) atoms. The average Bonchev–Trinajstić information content (AvgIpc) is 3.50. The largest absolute Gasteiger partial charge is 0.497 e. The number of nitrogens with zero attached hydrogens (tertiary/aromatic N) is 4. The minimum atomic E-state index is 0.342. The van der Waals surface area contributed by atoms with Gasteiger partial charge in [-0.1, -0.05) is 40.5 Å². The first-order valence-corrected chi connectivity index (χ1v) is 13.6. The molecule has 6 rings (SSSR count). The smallest absolute Gasteiger partial charge is 0.233 e. The Labute approximate surface area is 251 Å². The summed E-state index contributed by atoms with van der Waals surface area (Å²) in [5.74, 6) is 2.48. The number of ether oxygens (including phenoxy) is 1. The first-order chi connectivity index (χ1) is 20.5. The molecule has 0 saturated heterocycles. The molecule has 0 bridgehead atoms. The van der Waals surface area contributed by atoms with E-state index in [2.05, 4.69) is 36.1 Å². The van der Waals surface area contributed by atoms with Crippen LogP contribution in [-0.2, 0) is 0 Å². The van der Waals surface area contributed by atoms with Crippen molar-refractivity contribution in [3.8, 4) is 28.3 Å². The van der Waals surface area contributed by atoms with Crippen LogP contribution >= 0.6 is 23.2 Å². The molecule has 4 aromatic carbocycles. The summed E-state index contributed by atoms with van der Waals surface area (Å²) in [6.07, 6.45) is 0. The van der Waals surface area contributed by atoms with Crippen molar-refractivity contribution in [3.05, 3.63) is 113 Å². The average molecular weight is 596 g/mol. The second kappa shape index (κ2) is 12.2. The highest BCUT2D eigenvalue weighted by Gasteiger charge is 2.11. The standard InChI is InChI=1S/C31H23Cl2N7O2/c1-41-26-16-4-20(5-17-26)28-18-27(40-42-28)19-2-10-23(11-3-19)34-29-37-30(35-24-12-6-21(32)7-13-24)39-31(38-29)36-25-14-8-22(33)9-15-25/h2-18H,1H3,(H3,34,35,36,37,38,39). The Bertz CT molecular complexity index is 1730. The predicted molar refractivity (Wildman–Crippen MR) is 167 cm³/mol. The SMILES string of the molecule is COc1ccc(-c2cc(-c3ccc(Nc4nc(Nc5ccc(Cl)cc5)nc(Nc5ccc(Cl)cc5)n4)cc3)no2)cc1. The normalized spacial score (nSPS) is 10.7. The van der Waals surface area contributed by atoms with Crippen molar-refractivity contribution in [2.24, 2.45) is 0 Å². The molecule has 0 saturated carbocycles. The number of anilines is 6. The Morgan fingerprint density at radius 2 is 1.00 bits per heavy atom. The molecule has 0 fully saturated rings. The van der Waals surface area contributed by atoms with Gasteiger partial charge in [0, 0.05) is 44.3 Å². The molecule has 11 heteroatoms. The van der Waals surface area contributed by atoms with Crippen LogP contribution in [0, 0.1) is 0 Å². The third-order valence-corrected chi connectivity index (χ3v) is 6.66. The molecule has 6 aromatic rings. The summed E-state index contributed by atoms with van der Waals surface area (Å²) in [4.78, 5) is 13.6. The maximum Gasteiger partial charge on any atom is 0.233 e. The molecule has 0 atom stereocenters. The Morgan fingerprint density at radius 3 is 1.45 bits per heavy atom. The lowest BCUT2D eigenvalue weighted by molar-refractivity contribution is 0.414. The topological polar surface area (TPSA) is 110 Å². The van der Waals surface area contributed by atoms with E-state index < -0.39 is 0 Å². The van der Waals surface area contributed by atoms with Crippen LogP contribution in [-0.4, -0.2) is 27.2 Å². The van der Waals surface area contributed by atoms with E-state index in [0.29, 0.717) is 33.7 Å². The quantitative estimate of drug-likeness (QED) is 0.151.